The van der Waals surface area contributed by atoms with E-state index >= 15 is 0 Å². The van der Waals surface area contributed by atoms with E-state index in [1.54, 1.807) is 53.6 Å². The fourth-order valence-electron chi connectivity index (χ4n) is 3.43. The molecule has 0 N–H and O–H groups in total. The number of likely N-dealkylation sites (tertiary alicyclic amines) is 1. The summed E-state index contributed by atoms with van der Waals surface area (Å²) in [6.45, 7) is 0.991. The van der Waals surface area contributed by atoms with E-state index in [9.17, 15) is 9.59 Å². The van der Waals surface area contributed by atoms with Gasteiger partial charge in [-0.15, -0.1) is 0 Å². The Morgan fingerprint density at radius 2 is 1.72 bits per heavy atom. The quantitative estimate of drug-likeness (QED) is 0.594. The van der Waals surface area contributed by atoms with Crippen LogP contribution in [0.3, 0.4) is 0 Å². The summed E-state index contributed by atoms with van der Waals surface area (Å²) in [5.74, 6) is 0.225. The van der Waals surface area contributed by atoms with E-state index < -0.39 is 0 Å². The molecule has 146 valence electrons. The number of benzene rings is 2. The molecule has 1 saturated heterocycles. The zero-order valence-corrected chi connectivity index (χ0v) is 16.4. The molecule has 1 aliphatic rings. The third kappa shape index (κ3) is 4.15. The molecule has 0 bridgehead atoms. The fourth-order valence-corrected chi connectivity index (χ4v) is 3.59. The summed E-state index contributed by atoms with van der Waals surface area (Å²) < 4.78 is 5.94. The average molecular weight is 407 g/mol. The van der Waals surface area contributed by atoms with E-state index in [2.05, 4.69) is 4.98 Å². The minimum Gasteiger partial charge on any atom is -0.487 e. The second-order valence-corrected chi connectivity index (χ2v) is 7.23. The van der Waals surface area contributed by atoms with Crippen molar-refractivity contribution in [3.05, 3.63) is 94.8 Å². The minimum absolute atomic E-state index is 0.157. The Morgan fingerprint density at radius 1 is 1.00 bits per heavy atom. The number of rotatable bonds is 5. The number of hydrogen-bond acceptors (Lipinski definition) is 4. The molecule has 0 saturated carbocycles. The van der Waals surface area contributed by atoms with Crippen molar-refractivity contribution in [2.24, 2.45) is 0 Å². The number of amides is 1. The summed E-state index contributed by atoms with van der Waals surface area (Å²) in [6, 6.07) is 17.6. The predicted molar refractivity (Wildman–Crippen MR) is 111 cm³/mol. The Balaban J connectivity index is 1.51. The molecular weight excluding hydrogens is 388 g/mol. The van der Waals surface area contributed by atoms with Crippen LogP contribution in [0.15, 0.2) is 73.1 Å². The second kappa shape index (κ2) is 8.45. The van der Waals surface area contributed by atoms with Crippen LogP contribution in [0.1, 0.15) is 32.7 Å². The first-order valence-corrected chi connectivity index (χ1v) is 9.75. The molecule has 1 fully saturated rings. The number of carbonyl (C=O) groups is 2. The zero-order valence-electron chi connectivity index (χ0n) is 15.6. The van der Waals surface area contributed by atoms with Gasteiger partial charge in [0.2, 0.25) is 0 Å². The number of aromatic nitrogens is 1. The van der Waals surface area contributed by atoms with Crippen LogP contribution in [-0.2, 0) is 0 Å². The highest BCUT2D eigenvalue weighted by Gasteiger charge is 2.30. The molecule has 3 aromatic rings. The van der Waals surface area contributed by atoms with Gasteiger partial charge in [-0.25, -0.2) is 0 Å². The van der Waals surface area contributed by atoms with Gasteiger partial charge in [-0.1, -0.05) is 60.1 Å². The Bertz CT molecular complexity index is 1040. The van der Waals surface area contributed by atoms with Gasteiger partial charge in [0.25, 0.3) is 5.91 Å². The number of ketones is 1. The molecule has 0 spiro atoms. The minimum atomic E-state index is -0.170. The van der Waals surface area contributed by atoms with E-state index in [4.69, 9.17) is 16.3 Å². The summed E-state index contributed by atoms with van der Waals surface area (Å²) in [5.41, 5.74) is 1.37. The first kappa shape index (κ1) is 19.2. The maximum atomic E-state index is 13.2. The van der Waals surface area contributed by atoms with Crippen LogP contribution in [0, 0.1) is 0 Å². The Hall–Kier alpha value is -3.18. The summed E-state index contributed by atoms with van der Waals surface area (Å²) >= 11 is 6.11. The summed E-state index contributed by atoms with van der Waals surface area (Å²) in [6.07, 6.45) is 3.68. The van der Waals surface area contributed by atoms with Crippen LogP contribution in [0.25, 0.3) is 0 Å². The van der Waals surface area contributed by atoms with Gasteiger partial charge in [-0.3, -0.25) is 14.6 Å². The van der Waals surface area contributed by atoms with Gasteiger partial charge in [-0.05, 0) is 6.07 Å². The molecule has 0 aliphatic carbocycles. The highest BCUT2D eigenvalue weighted by molar-refractivity contribution is 6.31. The molecule has 0 unspecified atom stereocenters. The number of nitrogens with zero attached hydrogens (tertiary/aromatic N) is 2. The van der Waals surface area contributed by atoms with Crippen molar-refractivity contribution in [3.8, 4) is 5.75 Å². The van der Waals surface area contributed by atoms with Gasteiger partial charge in [0.1, 0.15) is 16.9 Å². The van der Waals surface area contributed by atoms with Crippen molar-refractivity contribution >= 4 is 23.3 Å². The first-order valence-electron chi connectivity index (χ1n) is 9.37. The molecule has 1 aliphatic heterocycles. The van der Waals surface area contributed by atoms with Crippen molar-refractivity contribution in [1.82, 2.24) is 9.88 Å². The average Bonchev–Trinajstić information content (AvgIpc) is 3.23. The van der Waals surface area contributed by atoms with Gasteiger partial charge >= 0.3 is 0 Å². The number of pyridine rings is 1. The highest BCUT2D eigenvalue weighted by Crippen LogP contribution is 2.26. The van der Waals surface area contributed by atoms with Crippen LogP contribution < -0.4 is 4.74 Å². The molecule has 2 heterocycles. The van der Waals surface area contributed by atoms with Crippen LogP contribution >= 0.6 is 11.6 Å². The Labute approximate surface area is 173 Å². The third-order valence-corrected chi connectivity index (χ3v) is 5.18. The second-order valence-electron chi connectivity index (χ2n) is 6.83. The number of ether oxygens (including phenoxy) is 1. The lowest BCUT2D eigenvalue weighted by atomic mass is 9.97. The van der Waals surface area contributed by atoms with Crippen LogP contribution in [-0.4, -0.2) is 40.8 Å². The lowest BCUT2D eigenvalue weighted by molar-refractivity contribution is 0.0768. The van der Waals surface area contributed by atoms with Crippen molar-refractivity contribution in [2.45, 2.75) is 12.5 Å². The Kier molecular flexibility index (Phi) is 5.58. The smallest absolute Gasteiger partial charge is 0.254 e. The summed E-state index contributed by atoms with van der Waals surface area (Å²) in [5, 5.41) is 0.441. The molecule has 1 amide bonds. The third-order valence-electron chi connectivity index (χ3n) is 4.90. The summed E-state index contributed by atoms with van der Waals surface area (Å²) in [7, 11) is 0. The maximum Gasteiger partial charge on any atom is 0.254 e. The topological polar surface area (TPSA) is 59.5 Å². The lowest BCUT2D eigenvalue weighted by Gasteiger charge is -2.19. The van der Waals surface area contributed by atoms with Crippen molar-refractivity contribution in [2.75, 3.05) is 13.1 Å². The SMILES string of the molecule is O=C(c1ccccc1)c1ccccc1C(=O)N1CC[C@@H](Oc2ccncc2Cl)C1. The van der Waals surface area contributed by atoms with E-state index in [-0.39, 0.29) is 17.8 Å². The molecule has 4 rings (SSSR count). The predicted octanol–water partition coefficient (Wildman–Crippen LogP) is 4.26. The molecule has 2 aromatic carbocycles. The normalized spacial score (nSPS) is 15.9. The number of halogens is 1. The van der Waals surface area contributed by atoms with E-state index in [0.29, 0.717) is 47.0 Å². The zero-order chi connectivity index (χ0) is 20.2. The lowest BCUT2D eigenvalue weighted by Crippen LogP contribution is -2.32. The van der Waals surface area contributed by atoms with Crippen LogP contribution in [0.2, 0.25) is 5.02 Å². The summed E-state index contributed by atoms with van der Waals surface area (Å²) in [4.78, 5) is 31.7. The van der Waals surface area contributed by atoms with E-state index in [0.717, 1.165) is 0 Å². The monoisotopic (exact) mass is 406 g/mol. The van der Waals surface area contributed by atoms with E-state index in [1.807, 2.05) is 18.2 Å². The van der Waals surface area contributed by atoms with Gasteiger partial charge in [0.15, 0.2) is 5.78 Å². The maximum absolute atomic E-state index is 13.2. The van der Waals surface area contributed by atoms with Crippen molar-refractivity contribution in [1.29, 1.82) is 0 Å². The van der Waals surface area contributed by atoms with Gasteiger partial charge in [-0.2, -0.15) is 0 Å². The molecule has 1 atom stereocenters. The standard InChI is InChI=1S/C23H19ClN2O3/c24-20-14-25-12-10-21(20)29-17-11-13-26(15-17)23(28)19-9-5-4-8-18(19)22(27)16-6-2-1-3-7-16/h1-10,12,14,17H,11,13,15H2/t17-/m1/s1. The molecule has 0 radical (unpaired) electrons. The number of hydrogen-bond donors (Lipinski definition) is 0. The van der Waals surface area contributed by atoms with Crippen molar-refractivity contribution < 1.29 is 14.3 Å². The number of carbonyl (C=O) groups excluding carboxylic acids is 2. The van der Waals surface area contributed by atoms with Gasteiger partial charge < -0.3 is 9.64 Å². The van der Waals surface area contributed by atoms with Crippen LogP contribution in [0.5, 0.6) is 5.75 Å². The van der Waals surface area contributed by atoms with E-state index in [1.165, 1.54) is 6.20 Å². The fraction of sp³-hybridized carbons (Fsp3) is 0.174. The molecule has 5 nitrogen and oxygen atoms in total. The molecular formula is C23H19ClN2O3. The van der Waals surface area contributed by atoms with Gasteiger partial charge in [0, 0.05) is 42.6 Å². The molecule has 6 heteroatoms. The van der Waals surface area contributed by atoms with Gasteiger partial charge in [0.05, 0.1) is 12.1 Å². The van der Waals surface area contributed by atoms with Crippen molar-refractivity contribution in [3.63, 3.8) is 0 Å². The van der Waals surface area contributed by atoms with Crippen LogP contribution in [0.4, 0.5) is 0 Å². The highest BCUT2D eigenvalue weighted by atomic mass is 35.5. The molecule has 1 aromatic heterocycles. The Morgan fingerprint density at radius 3 is 2.48 bits per heavy atom. The molecule has 29 heavy (non-hydrogen) atoms. The largest absolute Gasteiger partial charge is 0.487 e. The first-order chi connectivity index (χ1) is 14.1.